The van der Waals surface area contributed by atoms with Crippen molar-refractivity contribution in [1.29, 1.82) is 0 Å². The van der Waals surface area contributed by atoms with Gasteiger partial charge >= 0.3 is 0 Å². The molecule has 0 spiro atoms. The number of thioether (sulfide) groups is 1. The lowest BCUT2D eigenvalue weighted by Gasteiger charge is -2.35. The van der Waals surface area contributed by atoms with Gasteiger partial charge in [-0.1, -0.05) is 6.92 Å². The van der Waals surface area contributed by atoms with Gasteiger partial charge in [0.1, 0.15) is 0 Å². The van der Waals surface area contributed by atoms with Crippen molar-refractivity contribution >= 4 is 11.8 Å². The van der Waals surface area contributed by atoms with E-state index in [-0.39, 0.29) is 0 Å². The number of likely N-dealkylation sites (tertiary alicyclic amines) is 1. The molecule has 0 aromatic heterocycles. The van der Waals surface area contributed by atoms with Crippen LogP contribution in [-0.4, -0.2) is 48.6 Å². The Kier molecular flexibility index (Phi) is 5.28. The molecule has 1 rings (SSSR count). The molecule has 3 heteroatoms. The van der Waals surface area contributed by atoms with Crippen LogP contribution in [-0.2, 0) is 0 Å². The first-order chi connectivity index (χ1) is 6.63. The third kappa shape index (κ3) is 3.79. The molecule has 0 saturated carbocycles. The summed E-state index contributed by atoms with van der Waals surface area (Å²) in [6, 6.07) is 1.49. The summed E-state index contributed by atoms with van der Waals surface area (Å²) in [5.74, 6) is 0. The summed E-state index contributed by atoms with van der Waals surface area (Å²) in [6.07, 6.45) is 4.79. The van der Waals surface area contributed by atoms with Crippen LogP contribution in [0.4, 0.5) is 0 Å². The molecule has 84 valence electrons. The quantitative estimate of drug-likeness (QED) is 0.771. The van der Waals surface area contributed by atoms with E-state index in [4.69, 9.17) is 0 Å². The molecular weight excluding hydrogens is 192 g/mol. The lowest BCUT2D eigenvalue weighted by atomic mass is 9.99. The largest absolute Gasteiger partial charge is 0.313 e. The minimum atomic E-state index is 0.741. The van der Waals surface area contributed by atoms with Crippen LogP contribution in [0.2, 0.25) is 0 Å². The Balaban J connectivity index is 2.20. The Morgan fingerprint density at radius 3 is 2.86 bits per heavy atom. The van der Waals surface area contributed by atoms with Crippen molar-refractivity contribution in [3.63, 3.8) is 0 Å². The smallest absolute Gasteiger partial charge is 0.0141 e. The van der Waals surface area contributed by atoms with Crippen LogP contribution in [0.15, 0.2) is 0 Å². The molecule has 0 aliphatic carbocycles. The van der Waals surface area contributed by atoms with Gasteiger partial charge in [0.05, 0.1) is 0 Å². The van der Waals surface area contributed by atoms with E-state index in [9.17, 15) is 0 Å². The molecule has 14 heavy (non-hydrogen) atoms. The number of nitrogens with zero attached hydrogens (tertiary/aromatic N) is 1. The summed E-state index contributed by atoms with van der Waals surface area (Å²) in [4.78, 5) is 2.45. The van der Waals surface area contributed by atoms with Gasteiger partial charge in [0.25, 0.3) is 0 Å². The summed E-state index contributed by atoms with van der Waals surface area (Å²) >= 11 is 1.94. The zero-order valence-electron chi connectivity index (χ0n) is 9.92. The third-order valence-electron chi connectivity index (χ3n) is 3.30. The summed E-state index contributed by atoms with van der Waals surface area (Å²) in [6.45, 7) is 7.01. The van der Waals surface area contributed by atoms with Gasteiger partial charge in [0.2, 0.25) is 0 Å². The molecule has 1 fully saturated rings. The molecule has 0 amide bonds. The van der Waals surface area contributed by atoms with Gasteiger partial charge < -0.3 is 10.2 Å². The average Bonchev–Trinajstić information content (AvgIpc) is 2.19. The fourth-order valence-corrected chi connectivity index (χ4v) is 2.15. The highest BCUT2D eigenvalue weighted by molar-refractivity contribution is 7.99. The van der Waals surface area contributed by atoms with Gasteiger partial charge in [0, 0.05) is 23.9 Å². The molecule has 0 bridgehead atoms. The summed E-state index contributed by atoms with van der Waals surface area (Å²) in [5, 5.41) is 4.42. The molecule has 0 aromatic carbocycles. The van der Waals surface area contributed by atoms with Crippen molar-refractivity contribution in [2.75, 3.05) is 26.4 Å². The molecule has 1 heterocycles. The number of hydrogen-bond acceptors (Lipinski definition) is 3. The first-order valence-electron chi connectivity index (χ1n) is 5.60. The van der Waals surface area contributed by atoms with Crippen molar-refractivity contribution < 1.29 is 0 Å². The monoisotopic (exact) mass is 216 g/mol. The Bertz CT molecular complexity index is 163. The summed E-state index contributed by atoms with van der Waals surface area (Å²) in [5.41, 5.74) is 0. The van der Waals surface area contributed by atoms with Crippen molar-refractivity contribution in [3.8, 4) is 0 Å². The van der Waals surface area contributed by atoms with Crippen molar-refractivity contribution in [2.45, 2.75) is 44.0 Å². The molecule has 0 radical (unpaired) electrons. The highest BCUT2D eigenvalue weighted by atomic mass is 32.2. The molecule has 0 aromatic rings. The van der Waals surface area contributed by atoms with Gasteiger partial charge in [0.15, 0.2) is 0 Å². The second kappa shape index (κ2) is 5.99. The molecule has 1 aliphatic rings. The standard InChI is InChI=1S/C11H24N2S/c1-9-7-11(5-6-13(9)3)12-8-10(2)14-4/h9-12H,5-8H2,1-4H3. The predicted molar refractivity (Wildman–Crippen MR) is 66.1 cm³/mol. The highest BCUT2D eigenvalue weighted by Gasteiger charge is 2.22. The van der Waals surface area contributed by atoms with Crippen molar-refractivity contribution in [2.24, 2.45) is 0 Å². The number of piperidine rings is 1. The van der Waals surface area contributed by atoms with E-state index in [1.54, 1.807) is 0 Å². The normalized spacial score (nSPS) is 31.7. The van der Waals surface area contributed by atoms with E-state index in [0.717, 1.165) is 23.9 Å². The number of nitrogens with one attached hydrogen (secondary N) is 1. The molecule has 1 saturated heterocycles. The maximum atomic E-state index is 3.68. The first-order valence-corrected chi connectivity index (χ1v) is 6.88. The van der Waals surface area contributed by atoms with Crippen LogP contribution in [0, 0.1) is 0 Å². The van der Waals surface area contributed by atoms with Crippen LogP contribution >= 0.6 is 11.8 Å². The number of rotatable bonds is 4. The maximum absolute atomic E-state index is 3.68. The first kappa shape index (κ1) is 12.3. The van der Waals surface area contributed by atoms with E-state index in [1.165, 1.54) is 19.4 Å². The van der Waals surface area contributed by atoms with Crippen molar-refractivity contribution in [3.05, 3.63) is 0 Å². The maximum Gasteiger partial charge on any atom is 0.0141 e. The minimum Gasteiger partial charge on any atom is -0.313 e. The van der Waals surface area contributed by atoms with Crippen LogP contribution in [0.1, 0.15) is 26.7 Å². The summed E-state index contributed by atoms with van der Waals surface area (Å²) < 4.78 is 0. The van der Waals surface area contributed by atoms with Gasteiger partial charge in [-0.3, -0.25) is 0 Å². The molecule has 3 unspecified atom stereocenters. The van der Waals surface area contributed by atoms with E-state index < -0.39 is 0 Å². The highest BCUT2D eigenvalue weighted by Crippen LogP contribution is 2.15. The molecule has 3 atom stereocenters. The van der Waals surface area contributed by atoms with Crippen LogP contribution in [0.5, 0.6) is 0 Å². The van der Waals surface area contributed by atoms with E-state index >= 15 is 0 Å². The topological polar surface area (TPSA) is 15.3 Å². The second-order valence-electron chi connectivity index (χ2n) is 4.51. The van der Waals surface area contributed by atoms with Crippen molar-refractivity contribution in [1.82, 2.24) is 10.2 Å². The average molecular weight is 216 g/mol. The van der Waals surface area contributed by atoms with E-state index in [0.29, 0.717) is 0 Å². The minimum absolute atomic E-state index is 0.741. The van der Waals surface area contributed by atoms with Gasteiger partial charge in [-0.15, -0.1) is 0 Å². The Morgan fingerprint density at radius 1 is 1.57 bits per heavy atom. The Hall–Kier alpha value is 0.270. The van der Waals surface area contributed by atoms with Gasteiger partial charge in [-0.05, 0) is 39.6 Å². The fourth-order valence-electron chi connectivity index (χ4n) is 1.89. The molecule has 2 nitrogen and oxygen atoms in total. The fraction of sp³-hybridized carbons (Fsp3) is 1.00. The van der Waals surface area contributed by atoms with Crippen LogP contribution in [0.25, 0.3) is 0 Å². The Labute approximate surface area is 92.8 Å². The molecule has 1 N–H and O–H groups in total. The summed E-state index contributed by atoms with van der Waals surface area (Å²) in [7, 11) is 2.23. The predicted octanol–water partition coefficient (Wildman–Crippen LogP) is 1.81. The zero-order chi connectivity index (χ0) is 10.6. The molecular formula is C11H24N2S. The third-order valence-corrected chi connectivity index (χ3v) is 4.28. The second-order valence-corrected chi connectivity index (χ2v) is 5.78. The zero-order valence-corrected chi connectivity index (χ0v) is 10.7. The van der Waals surface area contributed by atoms with E-state index in [1.807, 2.05) is 11.8 Å². The SMILES string of the molecule is CSC(C)CNC1CCN(C)C(C)C1. The van der Waals surface area contributed by atoms with Crippen LogP contribution < -0.4 is 5.32 Å². The lowest BCUT2D eigenvalue weighted by Crippen LogP contribution is -2.46. The van der Waals surface area contributed by atoms with Gasteiger partial charge in [-0.25, -0.2) is 0 Å². The van der Waals surface area contributed by atoms with E-state index in [2.05, 4.69) is 37.4 Å². The van der Waals surface area contributed by atoms with Crippen LogP contribution in [0.3, 0.4) is 0 Å². The number of hydrogen-bond donors (Lipinski definition) is 1. The lowest BCUT2D eigenvalue weighted by molar-refractivity contribution is 0.169. The van der Waals surface area contributed by atoms with Gasteiger partial charge in [-0.2, -0.15) is 11.8 Å². The molecule has 1 aliphatic heterocycles. The Morgan fingerprint density at radius 2 is 2.29 bits per heavy atom.